The third-order valence-electron chi connectivity index (χ3n) is 6.35. The van der Waals surface area contributed by atoms with Crippen LogP contribution in [0.4, 0.5) is 11.4 Å². The molecule has 2 N–H and O–H groups in total. The Balaban J connectivity index is 0.000000458. The van der Waals surface area contributed by atoms with Crippen molar-refractivity contribution in [3.8, 4) is 23.6 Å². The van der Waals surface area contributed by atoms with Gasteiger partial charge in [0, 0.05) is 38.3 Å². The van der Waals surface area contributed by atoms with Crippen molar-refractivity contribution in [1.29, 1.82) is 10.5 Å². The average molecular weight is 667 g/mol. The fourth-order valence-electron chi connectivity index (χ4n) is 4.03. The summed E-state index contributed by atoms with van der Waals surface area (Å²) in [5.41, 5.74) is -1.78. The molecule has 0 aliphatic heterocycles. The third-order valence-corrected chi connectivity index (χ3v) is 6.35. The smallest absolute Gasteiger partial charge is 0.504 e. The summed E-state index contributed by atoms with van der Waals surface area (Å²) < 4.78 is 9.37. The van der Waals surface area contributed by atoms with Crippen LogP contribution in [-0.4, -0.2) is 67.9 Å². The summed E-state index contributed by atoms with van der Waals surface area (Å²) in [5, 5.41) is 59.1. The molecule has 17 nitrogen and oxygen atoms in total. The molecule has 0 aliphatic carbocycles. The van der Waals surface area contributed by atoms with E-state index in [1.807, 2.05) is 13.8 Å². The van der Waals surface area contributed by atoms with E-state index in [2.05, 4.69) is 4.42 Å². The van der Waals surface area contributed by atoms with Gasteiger partial charge in [-0.2, -0.15) is 10.5 Å². The van der Waals surface area contributed by atoms with Crippen LogP contribution in [-0.2, 0) is 9.59 Å². The van der Waals surface area contributed by atoms with Crippen molar-refractivity contribution < 1.29 is 38.5 Å². The average Bonchev–Trinajstić information content (AvgIpc) is 3.45. The van der Waals surface area contributed by atoms with Crippen LogP contribution in [0.25, 0.3) is 23.3 Å². The van der Waals surface area contributed by atoms with Gasteiger partial charge in [0.1, 0.15) is 23.3 Å². The van der Waals surface area contributed by atoms with E-state index in [1.165, 1.54) is 21.9 Å². The monoisotopic (exact) mass is 666 g/mol. The van der Waals surface area contributed by atoms with Crippen LogP contribution in [0.3, 0.4) is 0 Å². The predicted octanol–water partition coefficient (Wildman–Crippen LogP) is 4.88. The van der Waals surface area contributed by atoms with E-state index in [4.69, 9.17) is 9.68 Å². The van der Waals surface area contributed by atoms with Gasteiger partial charge in [-0.25, -0.2) is 4.79 Å². The lowest BCUT2D eigenvalue weighted by molar-refractivity contribution is -0.386. The maximum atomic E-state index is 12.2. The maximum absolute atomic E-state index is 12.2. The van der Waals surface area contributed by atoms with Gasteiger partial charge in [-0.15, -0.1) is 0 Å². The molecule has 3 rings (SSSR count). The normalized spacial score (nSPS) is 10.8. The Kier molecular flexibility index (Phi) is 15.2. The summed E-state index contributed by atoms with van der Waals surface area (Å²) in [7, 11) is 0. The van der Waals surface area contributed by atoms with Crippen LogP contribution in [0.1, 0.15) is 52.7 Å². The molecule has 0 saturated heterocycles. The molecule has 0 aliphatic rings. The summed E-state index contributed by atoms with van der Waals surface area (Å²) in [4.78, 5) is 58.6. The van der Waals surface area contributed by atoms with Crippen molar-refractivity contribution in [3.05, 3.63) is 77.4 Å². The van der Waals surface area contributed by atoms with Gasteiger partial charge < -0.3 is 28.8 Å². The van der Waals surface area contributed by atoms with Crippen LogP contribution < -0.4 is 5.82 Å². The Morgan fingerprint density at radius 3 is 1.60 bits per heavy atom. The molecule has 254 valence electrons. The first-order valence-electron chi connectivity index (χ1n) is 14.5. The van der Waals surface area contributed by atoms with Gasteiger partial charge in [0.15, 0.2) is 11.3 Å². The number of fused-ring (bicyclic) bond motifs is 1. The number of nitro groups is 2. The van der Waals surface area contributed by atoms with E-state index in [0.29, 0.717) is 26.2 Å². The number of nitrogens with zero attached hydrogens (tertiary/aromatic N) is 6. The molecular weight excluding hydrogens is 632 g/mol. The molecule has 1 aromatic heterocycles. The second-order valence-electron chi connectivity index (χ2n) is 9.04. The van der Waals surface area contributed by atoms with E-state index < -0.39 is 50.4 Å². The number of benzene rings is 2. The molecule has 0 fully saturated rings. The number of aromatic hydroxyl groups is 2. The topological polar surface area (TPSA) is 258 Å². The minimum atomic E-state index is -1.08. The first kappa shape index (κ1) is 39.5. The van der Waals surface area contributed by atoms with Crippen LogP contribution in [0.15, 0.2) is 49.0 Å². The Labute approximate surface area is 274 Å². The molecule has 48 heavy (non-hydrogen) atoms. The quantitative estimate of drug-likeness (QED) is 0.0962. The van der Waals surface area contributed by atoms with Crippen molar-refractivity contribution in [2.45, 2.75) is 41.5 Å². The number of amides is 2. The number of rotatable bonds is 10. The highest BCUT2D eigenvalue weighted by molar-refractivity contribution is 6.02. The fourth-order valence-corrected chi connectivity index (χ4v) is 4.03. The van der Waals surface area contributed by atoms with Crippen molar-refractivity contribution in [1.82, 2.24) is 9.80 Å². The summed E-state index contributed by atoms with van der Waals surface area (Å²) in [6.07, 6.45) is 2.34. The summed E-state index contributed by atoms with van der Waals surface area (Å²) in [5.74, 6) is -3.64. The molecule has 1 heterocycles. The zero-order valence-corrected chi connectivity index (χ0v) is 27.0. The second kappa shape index (κ2) is 18.5. The summed E-state index contributed by atoms with van der Waals surface area (Å²) in [6.45, 7) is 12.7. The number of phenolic OH excluding ortho intramolecular Hbond substituents is 2. The largest absolute Gasteiger partial charge is 0.519 e. The molecule has 2 amide bonds. The van der Waals surface area contributed by atoms with Crippen molar-refractivity contribution in [2.75, 3.05) is 26.2 Å². The standard InChI is InChI=1S/C15H13N3O6.C14H15N3O5.C2H6/c1-3-17(4-2)14(19)10(8-16)5-9-6-11(18(21)22)13-12(7-9)23-15(20)24-13;1-3-16(4-2)14(20)10(8-15)5-9-6-11(17(21)22)13(19)12(18)7-9;1-2/h5-7H,3-4H2,1-2H3;5-7,18-19H,3-4H2,1-2H3;1-2H3/b2*10-5+;. The van der Waals surface area contributed by atoms with Crippen molar-refractivity contribution in [3.63, 3.8) is 0 Å². The van der Waals surface area contributed by atoms with Gasteiger partial charge in [-0.05, 0) is 63.1 Å². The Morgan fingerprint density at radius 1 is 0.792 bits per heavy atom. The van der Waals surface area contributed by atoms with Gasteiger partial charge in [0.05, 0.1) is 9.85 Å². The molecular formula is C31H34N6O11. The highest BCUT2D eigenvalue weighted by Gasteiger charge is 2.22. The van der Waals surface area contributed by atoms with E-state index >= 15 is 0 Å². The molecule has 3 aromatic rings. The molecule has 0 unspecified atom stereocenters. The minimum absolute atomic E-state index is 0.0686. The van der Waals surface area contributed by atoms with E-state index in [9.17, 15) is 50.1 Å². The number of nitro benzene ring substituents is 2. The van der Waals surface area contributed by atoms with E-state index in [-0.39, 0.29) is 33.4 Å². The van der Waals surface area contributed by atoms with Crippen LogP contribution in [0.2, 0.25) is 0 Å². The molecule has 2 aromatic carbocycles. The van der Waals surface area contributed by atoms with Crippen LogP contribution >= 0.6 is 0 Å². The molecule has 0 atom stereocenters. The molecule has 17 heteroatoms. The lowest BCUT2D eigenvalue weighted by atomic mass is 10.1. The Morgan fingerprint density at radius 2 is 1.21 bits per heavy atom. The number of non-ortho nitro benzene ring substituents is 1. The molecule has 0 spiro atoms. The zero-order chi connectivity index (χ0) is 36.7. The second-order valence-corrected chi connectivity index (χ2v) is 9.04. The van der Waals surface area contributed by atoms with Gasteiger partial charge in [0.2, 0.25) is 5.75 Å². The molecule has 0 radical (unpaired) electrons. The predicted molar refractivity (Wildman–Crippen MR) is 172 cm³/mol. The van der Waals surface area contributed by atoms with Gasteiger partial charge in [0.25, 0.3) is 17.4 Å². The van der Waals surface area contributed by atoms with Gasteiger partial charge in [-0.1, -0.05) is 13.8 Å². The zero-order valence-electron chi connectivity index (χ0n) is 27.0. The first-order chi connectivity index (χ1) is 22.8. The SMILES string of the molecule is CC.CCN(CC)C(=O)/C(C#N)=C/c1cc(O)c(O)c([N+](=O)[O-])c1.CCN(CC)C(=O)/C(C#N)=C/c1cc([N+](=O)[O-])c2oc(=O)oc2c1. The Hall–Kier alpha value is -6.49. The fraction of sp³-hybridized carbons (Fsp3) is 0.323. The lowest BCUT2D eigenvalue weighted by Gasteiger charge is -2.17. The number of nitriles is 2. The molecule has 0 bridgehead atoms. The van der Waals surface area contributed by atoms with Crippen LogP contribution in [0, 0.1) is 42.9 Å². The highest BCUT2D eigenvalue weighted by Crippen LogP contribution is 2.36. The lowest BCUT2D eigenvalue weighted by Crippen LogP contribution is -2.31. The number of hydrogen-bond acceptors (Lipinski definition) is 13. The van der Waals surface area contributed by atoms with E-state index in [1.54, 1.807) is 39.8 Å². The van der Waals surface area contributed by atoms with Crippen molar-refractivity contribution in [2.24, 2.45) is 0 Å². The maximum Gasteiger partial charge on any atom is 0.519 e. The van der Waals surface area contributed by atoms with Crippen LogP contribution in [0.5, 0.6) is 11.5 Å². The summed E-state index contributed by atoms with van der Waals surface area (Å²) >= 11 is 0. The highest BCUT2D eigenvalue weighted by atomic mass is 16.6. The van der Waals surface area contributed by atoms with E-state index in [0.717, 1.165) is 24.3 Å². The Bertz CT molecular complexity index is 1870. The first-order valence-corrected chi connectivity index (χ1v) is 14.5. The molecule has 0 saturated carbocycles. The van der Waals surface area contributed by atoms with Crippen molar-refractivity contribution >= 4 is 46.5 Å². The van der Waals surface area contributed by atoms with Gasteiger partial charge >= 0.3 is 17.2 Å². The number of likely N-dealkylation sites (N-methyl/N-ethyl adjacent to an activating group) is 2. The number of carbonyl (C=O) groups is 2. The number of phenols is 2. The number of hydrogen-bond donors (Lipinski definition) is 2. The summed E-state index contributed by atoms with van der Waals surface area (Å²) in [6, 6.07) is 7.93. The van der Waals surface area contributed by atoms with Gasteiger partial charge in [-0.3, -0.25) is 29.8 Å². The minimum Gasteiger partial charge on any atom is -0.504 e. The number of carbonyl (C=O) groups excluding carboxylic acids is 2. The third kappa shape index (κ3) is 9.75.